The number of aromatic nitrogens is 1. The first kappa shape index (κ1) is 34.9. The molecule has 0 radical (unpaired) electrons. The molecular weight excluding hydrogens is 582 g/mol. The average molecular weight is 639 g/mol. The number of hydrogen-bond acceptors (Lipinski definition) is 6. The van der Waals surface area contributed by atoms with Crippen molar-refractivity contribution in [3.05, 3.63) is 65.5 Å². The quantitative estimate of drug-likeness (QED) is 0.220. The average Bonchev–Trinajstić information content (AvgIpc) is 3.31. The van der Waals surface area contributed by atoms with Gasteiger partial charge in [-0.2, -0.15) is 0 Å². The van der Waals surface area contributed by atoms with Crippen LogP contribution in [0.4, 0.5) is 8.78 Å². The number of aryl methyl sites for hydroxylation is 1. The van der Waals surface area contributed by atoms with E-state index in [1.807, 2.05) is 24.4 Å². The van der Waals surface area contributed by atoms with E-state index in [1.54, 1.807) is 0 Å². The normalized spacial score (nSPS) is 24.3. The number of unbranched alkanes of at least 4 members (excludes halogenated alkanes) is 1. The van der Waals surface area contributed by atoms with Crippen molar-refractivity contribution in [1.29, 1.82) is 0 Å². The van der Waals surface area contributed by atoms with Gasteiger partial charge in [-0.1, -0.05) is 42.8 Å². The Morgan fingerprint density at radius 3 is 2.63 bits per heavy atom. The van der Waals surface area contributed by atoms with E-state index in [1.165, 1.54) is 30.5 Å². The van der Waals surface area contributed by atoms with E-state index in [0.29, 0.717) is 24.7 Å². The Hall–Kier alpha value is -2.46. The summed E-state index contributed by atoms with van der Waals surface area (Å²) in [4.78, 5) is 23.4. The maximum absolute atomic E-state index is 13.8. The third-order valence-electron chi connectivity index (χ3n) is 10.7. The van der Waals surface area contributed by atoms with E-state index in [0.717, 1.165) is 70.3 Å². The van der Waals surface area contributed by atoms with Gasteiger partial charge in [-0.15, -0.1) is 0 Å². The van der Waals surface area contributed by atoms with Crippen molar-refractivity contribution in [3.63, 3.8) is 0 Å². The first-order chi connectivity index (χ1) is 22.3. The van der Waals surface area contributed by atoms with Crippen LogP contribution < -0.4 is 16.4 Å². The zero-order valence-electron chi connectivity index (χ0n) is 27.8. The Labute approximate surface area is 275 Å². The minimum absolute atomic E-state index is 0.0875. The lowest BCUT2D eigenvalue weighted by molar-refractivity contribution is -0.130. The largest absolute Gasteiger partial charge is 0.349 e. The van der Waals surface area contributed by atoms with Crippen molar-refractivity contribution in [3.8, 4) is 0 Å². The third-order valence-corrected chi connectivity index (χ3v) is 10.7. The number of halogens is 2. The molecular formula is C37H56F2N6O. The van der Waals surface area contributed by atoms with Gasteiger partial charge in [0.1, 0.15) is 0 Å². The molecule has 1 aliphatic heterocycles. The molecule has 0 bridgehead atoms. The zero-order chi connectivity index (χ0) is 32.4. The zero-order valence-corrected chi connectivity index (χ0v) is 27.8. The lowest BCUT2D eigenvalue weighted by Crippen LogP contribution is -2.54. The number of carbonyl (C=O) groups excluding carboxylic acids is 1. The number of nitrogens with one attached hydrogen (secondary N) is 2. The maximum atomic E-state index is 13.8. The molecule has 1 amide bonds. The molecule has 5 rings (SSSR count). The Morgan fingerprint density at radius 1 is 1.04 bits per heavy atom. The Kier molecular flexibility index (Phi) is 13.0. The van der Waals surface area contributed by atoms with Crippen LogP contribution in [0.2, 0.25) is 0 Å². The summed E-state index contributed by atoms with van der Waals surface area (Å²) in [6, 6.07) is 15.3. The number of likely N-dealkylation sites (N-methyl/N-ethyl adjacent to an activating group) is 1. The standard InChI is InChI=1S/C37H56F2N6O/c1-44(26-19-31(28-11-3-2-4-12-28)43-36(46)30-17-20-37(38,39)21-18-30)33-15-5-7-23-41-32(33)27-45(25-8-6-22-40)34-16-9-13-29-14-10-24-42-35(29)34/h2-4,10-12,14,24,30-34,41H,5-9,13,15-23,25-27,40H2,1H3,(H,43,46)/t31-,32+,33+,34-/m0/s1. The van der Waals surface area contributed by atoms with Crippen molar-refractivity contribution in [2.24, 2.45) is 11.7 Å². The van der Waals surface area contributed by atoms with E-state index in [-0.39, 0.29) is 43.6 Å². The van der Waals surface area contributed by atoms with Crippen LogP contribution >= 0.6 is 0 Å². The fourth-order valence-electron chi connectivity index (χ4n) is 7.94. The van der Waals surface area contributed by atoms with E-state index < -0.39 is 5.92 Å². The number of hydrogen-bond donors (Lipinski definition) is 3. The molecule has 2 heterocycles. The number of fused-ring (bicyclic) bond motifs is 1. The molecule has 46 heavy (non-hydrogen) atoms. The van der Waals surface area contributed by atoms with Crippen molar-refractivity contribution in [1.82, 2.24) is 25.4 Å². The van der Waals surface area contributed by atoms with Gasteiger partial charge in [0.25, 0.3) is 0 Å². The lowest BCUT2D eigenvalue weighted by Gasteiger charge is -2.41. The highest BCUT2D eigenvalue weighted by Crippen LogP contribution is 2.37. The molecule has 3 aliphatic rings. The highest BCUT2D eigenvalue weighted by atomic mass is 19.3. The molecule has 1 aromatic heterocycles. The minimum atomic E-state index is -2.64. The van der Waals surface area contributed by atoms with E-state index in [2.05, 4.69) is 51.7 Å². The van der Waals surface area contributed by atoms with Gasteiger partial charge in [-0.05, 0) is 108 Å². The summed E-state index contributed by atoms with van der Waals surface area (Å²) in [5, 5.41) is 7.21. The number of rotatable bonds is 14. The SMILES string of the molecule is CN(CC[C@H](NC(=O)C1CCC(F)(F)CC1)c1ccccc1)[C@@H]1CCCCN[C@@H]1CN(CCCCN)[C@H]1CCCc2cccnc21. The highest BCUT2D eigenvalue weighted by Gasteiger charge is 2.38. The molecule has 0 spiro atoms. The van der Waals surface area contributed by atoms with Crippen LogP contribution in [-0.2, 0) is 11.2 Å². The summed E-state index contributed by atoms with van der Waals surface area (Å²) >= 11 is 0. The highest BCUT2D eigenvalue weighted by molar-refractivity contribution is 5.79. The second-order valence-electron chi connectivity index (χ2n) is 13.9. The van der Waals surface area contributed by atoms with E-state index >= 15 is 0 Å². The second kappa shape index (κ2) is 17.1. The Bertz CT molecular complexity index is 1210. The maximum Gasteiger partial charge on any atom is 0.248 e. The van der Waals surface area contributed by atoms with Gasteiger partial charge in [0, 0.05) is 50.1 Å². The lowest BCUT2D eigenvalue weighted by atomic mass is 9.86. The number of nitrogens with two attached hydrogens (primary N) is 1. The van der Waals surface area contributed by atoms with Gasteiger partial charge in [0.05, 0.1) is 17.8 Å². The summed E-state index contributed by atoms with van der Waals surface area (Å²) in [5.74, 6) is -3.07. The molecule has 1 saturated heterocycles. The molecule has 4 N–H and O–H groups in total. The first-order valence-corrected chi connectivity index (χ1v) is 17.9. The van der Waals surface area contributed by atoms with Crippen LogP contribution in [0.15, 0.2) is 48.7 Å². The number of pyridine rings is 1. The summed E-state index contributed by atoms with van der Waals surface area (Å²) in [6.45, 7) is 4.54. The molecule has 2 fully saturated rings. The third kappa shape index (κ3) is 9.55. The van der Waals surface area contributed by atoms with E-state index in [4.69, 9.17) is 10.7 Å². The molecule has 9 heteroatoms. The molecule has 1 saturated carbocycles. The number of carbonyl (C=O) groups is 1. The minimum Gasteiger partial charge on any atom is -0.349 e. The fourth-order valence-corrected chi connectivity index (χ4v) is 7.94. The van der Waals surface area contributed by atoms with Crippen molar-refractivity contribution < 1.29 is 13.6 Å². The smallest absolute Gasteiger partial charge is 0.248 e. The summed E-state index contributed by atoms with van der Waals surface area (Å²) < 4.78 is 27.6. The summed E-state index contributed by atoms with van der Waals surface area (Å²) in [5.41, 5.74) is 9.62. The predicted octanol–water partition coefficient (Wildman–Crippen LogP) is 6.02. The van der Waals surface area contributed by atoms with Gasteiger partial charge in [0.2, 0.25) is 11.8 Å². The molecule has 2 aromatic rings. The topological polar surface area (TPSA) is 86.5 Å². The van der Waals surface area contributed by atoms with Gasteiger partial charge < -0.3 is 21.3 Å². The van der Waals surface area contributed by atoms with Crippen molar-refractivity contribution in [2.75, 3.05) is 39.8 Å². The number of alkyl halides is 2. The Morgan fingerprint density at radius 2 is 1.85 bits per heavy atom. The summed E-state index contributed by atoms with van der Waals surface area (Å²) in [7, 11) is 2.23. The van der Waals surface area contributed by atoms with Crippen LogP contribution in [0, 0.1) is 5.92 Å². The molecule has 0 unspecified atom stereocenters. The molecule has 4 atom stereocenters. The molecule has 2 aliphatic carbocycles. The van der Waals surface area contributed by atoms with Crippen LogP contribution in [-0.4, -0.2) is 78.5 Å². The molecule has 254 valence electrons. The fraction of sp³-hybridized carbons (Fsp3) is 0.676. The van der Waals surface area contributed by atoms with Crippen LogP contribution in [0.5, 0.6) is 0 Å². The number of nitrogens with zero attached hydrogens (tertiary/aromatic N) is 3. The molecule has 7 nitrogen and oxygen atoms in total. The van der Waals surface area contributed by atoms with Gasteiger partial charge in [0.15, 0.2) is 0 Å². The second-order valence-corrected chi connectivity index (χ2v) is 13.9. The number of benzene rings is 1. The Balaban J connectivity index is 1.27. The van der Waals surface area contributed by atoms with Crippen molar-refractivity contribution in [2.45, 2.75) is 114 Å². The van der Waals surface area contributed by atoms with Crippen LogP contribution in [0.25, 0.3) is 0 Å². The van der Waals surface area contributed by atoms with Crippen molar-refractivity contribution >= 4 is 5.91 Å². The van der Waals surface area contributed by atoms with Gasteiger partial charge in [-0.3, -0.25) is 14.7 Å². The number of amides is 1. The summed E-state index contributed by atoms with van der Waals surface area (Å²) in [6.07, 6.45) is 11.8. The first-order valence-electron chi connectivity index (χ1n) is 17.9. The van der Waals surface area contributed by atoms with Crippen LogP contribution in [0.3, 0.4) is 0 Å². The van der Waals surface area contributed by atoms with E-state index in [9.17, 15) is 13.6 Å². The van der Waals surface area contributed by atoms with Crippen LogP contribution in [0.1, 0.15) is 106 Å². The van der Waals surface area contributed by atoms with Gasteiger partial charge in [-0.25, -0.2) is 8.78 Å². The predicted molar refractivity (Wildman–Crippen MR) is 181 cm³/mol. The van der Waals surface area contributed by atoms with Gasteiger partial charge >= 0.3 is 0 Å². The molecule has 1 aromatic carbocycles. The monoisotopic (exact) mass is 638 g/mol.